The highest BCUT2D eigenvalue weighted by Gasteiger charge is 2.09. The van der Waals surface area contributed by atoms with Gasteiger partial charge in [-0.3, -0.25) is 0 Å². The minimum absolute atomic E-state index is 0.0919. The molecule has 0 unspecified atom stereocenters. The Labute approximate surface area is 97.1 Å². The average Bonchev–Trinajstić information content (AvgIpc) is 2.64. The van der Waals surface area contributed by atoms with Crippen molar-refractivity contribution >= 4 is 17.6 Å². The Morgan fingerprint density at radius 3 is 2.75 bits per heavy atom. The fourth-order valence-electron chi connectivity index (χ4n) is 1.37. The maximum atomic E-state index is 10.8. The average molecular weight is 237 g/mol. The second-order valence-electron chi connectivity index (χ2n) is 3.43. The van der Waals surface area contributed by atoms with E-state index >= 15 is 0 Å². The number of carboxylic acids is 1. The molecule has 82 valence electrons. The second-order valence-corrected chi connectivity index (χ2v) is 3.84. The van der Waals surface area contributed by atoms with Crippen LogP contribution >= 0.6 is 11.6 Å². The van der Waals surface area contributed by atoms with E-state index in [-0.39, 0.29) is 10.6 Å². The van der Waals surface area contributed by atoms with E-state index < -0.39 is 5.97 Å². The third-order valence-electron chi connectivity index (χ3n) is 2.16. The summed E-state index contributed by atoms with van der Waals surface area (Å²) < 4.78 is 1.65. The minimum atomic E-state index is -1.03. The first kappa shape index (κ1) is 10.7. The molecule has 0 saturated carbocycles. The minimum Gasteiger partial charge on any atom is -0.478 e. The molecule has 2 aromatic rings. The summed E-state index contributed by atoms with van der Waals surface area (Å²) >= 11 is 5.86. The molecule has 0 spiro atoms. The SMILES string of the molecule is Cc1cnn(-c2ccc(C(=O)O)c(Cl)c2)c1. The van der Waals surface area contributed by atoms with Gasteiger partial charge in [0.2, 0.25) is 0 Å². The summed E-state index contributed by atoms with van der Waals surface area (Å²) in [7, 11) is 0. The number of nitrogens with zero attached hydrogens (tertiary/aromatic N) is 2. The molecule has 2 rings (SSSR count). The van der Waals surface area contributed by atoms with Crippen LogP contribution in [0.2, 0.25) is 5.02 Å². The van der Waals surface area contributed by atoms with Crippen LogP contribution in [0.1, 0.15) is 15.9 Å². The summed E-state index contributed by atoms with van der Waals surface area (Å²) in [6.45, 7) is 1.93. The quantitative estimate of drug-likeness (QED) is 0.872. The van der Waals surface area contributed by atoms with Gasteiger partial charge >= 0.3 is 5.97 Å². The van der Waals surface area contributed by atoms with E-state index in [0.717, 1.165) is 11.3 Å². The molecule has 1 heterocycles. The molecule has 0 aliphatic carbocycles. The second kappa shape index (κ2) is 3.98. The lowest BCUT2D eigenvalue weighted by Gasteiger charge is -2.03. The molecule has 0 radical (unpaired) electrons. The molecule has 0 saturated heterocycles. The topological polar surface area (TPSA) is 55.1 Å². The summed E-state index contributed by atoms with van der Waals surface area (Å²) in [6.07, 6.45) is 3.56. The van der Waals surface area contributed by atoms with Crippen molar-refractivity contribution in [2.45, 2.75) is 6.92 Å². The van der Waals surface area contributed by atoms with E-state index in [1.54, 1.807) is 23.0 Å². The first-order chi connectivity index (χ1) is 7.58. The van der Waals surface area contributed by atoms with Crippen molar-refractivity contribution in [1.29, 1.82) is 0 Å². The lowest BCUT2D eigenvalue weighted by Crippen LogP contribution is -2.00. The number of benzene rings is 1. The molecule has 0 amide bonds. The van der Waals surface area contributed by atoms with Gasteiger partial charge in [0.15, 0.2) is 0 Å². The van der Waals surface area contributed by atoms with Gasteiger partial charge in [-0.1, -0.05) is 11.6 Å². The molecule has 0 aliphatic heterocycles. The van der Waals surface area contributed by atoms with Crippen LogP contribution in [-0.4, -0.2) is 20.9 Å². The number of hydrogen-bond donors (Lipinski definition) is 1. The van der Waals surface area contributed by atoms with Gasteiger partial charge in [0.25, 0.3) is 0 Å². The van der Waals surface area contributed by atoms with Gasteiger partial charge < -0.3 is 5.11 Å². The van der Waals surface area contributed by atoms with Crippen molar-refractivity contribution in [2.75, 3.05) is 0 Å². The third kappa shape index (κ3) is 1.92. The highest BCUT2D eigenvalue weighted by Crippen LogP contribution is 2.20. The Kier molecular flexibility index (Phi) is 2.66. The third-order valence-corrected chi connectivity index (χ3v) is 2.47. The van der Waals surface area contributed by atoms with Crippen LogP contribution in [0.5, 0.6) is 0 Å². The normalized spacial score (nSPS) is 10.4. The Morgan fingerprint density at radius 1 is 1.50 bits per heavy atom. The highest BCUT2D eigenvalue weighted by atomic mass is 35.5. The van der Waals surface area contributed by atoms with Crippen LogP contribution < -0.4 is 0 Å². The molecule has 5 heteroatoms. The molecule has 1 aromatic heterocycles. The summed E-state index contributed by atoms with van der Waals surface area (Å²) in [4.78, 5) is 10.8. The van der Waals surface area contributed by atoms with Gasteiger partial charge in [-0.25, -0.2) is 9.48 Å². The predicted molar refractivity (Wildman–Crippen MR) is 60.3 cm³/mol. The smallest absolute Gasteiger partial charge is 0.337 e. The number of aromatic carboxylic acids is 1. The molecule has 4 nitrogen and oxygen atoms in total. The number of halogens is 1. The monoisotopic (exact) mass is 236 g/mol. The van der Waals surface area contributed by atoms with E-state index in [9.17, 15) is 4.79 Å². The summed E-state index contributed by atoms with van der Waals surface area (Å²) in [5.74, 6) is -1.03. The van der Waals surface area contributed by atoms with Crippen molar-refractivity contribution in [3.8, 4) is 5.69 Å². The zero-order valence-electron chi connectivity index (χ0n) is 8.51. The molecular weight excluding hydrogens is 228 g/mol. The Hall–Kier alpha value is -1.81. The molecule has 0 atom stereocenters. The van der Waals surface area contributed by atoms with Crippen molar-refractivity contribution < 1.29 is 9.90 Å². The van der Waals surface area contributed by atoms with E-state index in [0.29, 0.717) is 0 Å². The number of carbonyl (C=O) groups is 1. The van der Waals surface area contributed by atoms with Crippen LogP contribution in [0, 0.1) is 6.92 Å². The maximum absolute atomic E-state index is 10.8. The van der Waals surface area contributed by atoms with Gasteiger partial charge in [0, 0.05) is 6.20 Å². The van der Waals surface area contributed by atoms with Gasteiger partial charge in [-0.15, -0.1) is 0 Å². The molecule has 1 aromatic carbocycles. The largest absolute Gasteiger partial charge is 0.478 e. The Balaban J connectivity index is 2.45. The number of aryl methyl sites for hydroxylation is 1. The lowest BCUT2D eigenvalue weighted by molar-refractivity contribution is 0.0697. The summed E-state index contributed by atoms with van der Waals surface area (Å²) in [5.41, 5.74) is 1.86. The van der Waals surface area contributed by atoms with Crippen LogP contribution in [0.15, 0.2) is 30.6 Å². The lowest BCUT2D eigenvalue weighted by atomic mass is 10.2. The van der Waals surface area contributed by atoms with Gasteiger partial charge in [0.05, 0.1) is 22.5 Å². The molecule has 0 fully saturated rings. The van der Waals surface area contributed by atoms with Crippen molar-refractivity contribution in [3.63, 3.8) is 0 Å². The summed E-state index contributed by atoms with van der Waals surface area (Å²) in [5, 5.41) is 13.1. The molecular formula is C11H9ClN2O2. The molecule has 0 aliphatic rings. The number of hydrogen-bond acceptors (Lipinski definition) is 2. The zero-order valence-corrected chi connectivity index (χ0v) is 9.27. The number of rotatable bonds is 2. The Morgan fingerprint density at radius 2 is 2.25 bits per heavy atom. The van der Waals surface area contributed by atoms with Crippen molar-refractivity contribution in [2.24, 2.45) is 0 Å². The highest BCUT2D eigenvalue weighted by molar-refractivity contribution is 6.33. The molecule has 16 heavy (non-hydrogen) atoms. The fourth-order valence-corrected chi connectivity index (χ4v) is 1.63. The number of carboxylic acid groups (broad SMARTS) is 1. The first-order valence-electron chi connectivity index (χ1n) is 4.62. The van der Waals surface area contributed by atoms with Crippen LogP contribution in [0.3, 0.4) is 0 Å². The summed E-state index contributed by atoms with van der Waals surface area (Å²) in [6, 6.07) is 4.72. The van der Waals surface area contributed by atoms with E-state index in [1.807, 2.05) is 13.1 Å². The van der Waals surface area contributed by atoms with Gasteiger partial charge in [-0.2, -0.15) is 5.10 Å². The van der Waals surface area contributed by atoms with Crippen molar-refractivity contribution in [3.05, 3.63) is 46.7 Å². The first-order valence-corrected chi connectivity index (χ1v) is 5.00. The van der Waals surface area contributed by atoms with Crippen LogP contribution in [0.4, 0.5) is 0 Å². The molecule has 0 bridgehead atoms. The van der Waals surface area contributed by atoms with Crippen molar-refractivity contribution in [1.82, 2.24) is 9.78 Å². The standard InChI is InChI=1S/C11H9ClN2O2/c1-7-5-13-14(6-7)8-2-3-9(11(15)16)10(12)4-8/h2-6H,1H3,(H,15,16). The maximum Gasteiger partial charge on any atom is 0.337 e. The zero-order chi connectivity index (χ0) is 11.7. The van der Waals surface area contributed by atoms with E-state index in [2.05, 4.69) is 5.10 Å². The fraction of sp³-hybridized carbons (Fsp3) is 0.0909. The Bertz CT molecular complexity index is 549. The van der Waals surface area contributed by atoms with Gasteiger partial charge in [0.1, 0.15) is 0 Å². The van der Waals surface area contributed by atoms with Crippen LogP contribution in [0.25, 0.3) is 5.69 Å². The van der Waals surface area contributed by atoms with E-state index in [1.165, 1.54) is 6.07 Å². The predicted octanol–water partition coefficient (Wildman–Crippen LogP) is 2.53. The number of aromatic nitrogens is 2. The molecule has 1 N–H and O–H groups in total. The van der Waals surface area contributed by atoms with Gasteiger partial charge in [-0.05, 0) is 30.7 Å². The van der Waals surface area contributed by atoms with E-state index in [4.69, 9.17) is 16.7 Å². The van der Waals surface area contributed by atoms with Crippen LogP contribution in [-0.2, 0) is 0 Å².